The first kappa shape index (κ1) is 13.4. The molecule has 0 spiro atoms. The number of nitrogens with two attached hydrogens (primary N) is 1. The minimum absolute atomic E-state index is 0.241. The lowest BCUT2D eigenvalue weighted by Gasteiger charge is -2.06. The Kier molecular flexibility index (Phi) is 3.43. The molecule has 0 saturated heterocycles. The summed E-state index contributed by atoms with van der Waals surface area (Å²) < 4.78 is 25.0. The molecule has 96 valence electrons. The maximum atomic E-state index is 11.3. The summed E-state index contributed by atoms with van der Waals surface area (Å²) in [5, 5.41) is 12.4. The Morgan fingerprint density at radius 2 is 2.00 bits per heavy atom. The highest BCUT2D eigenvalue weighted by atomic mass is 127. The van der Waals surface area contributed by atoms with E-state index in [1.807, 2.05) is 25.1 Å². The molecule has 1 heterocycles. The predicted molar refractivity (Wildman–Crippen MR) is 75.3 cm³/mol. The highest BCUT2D eigenvalue weighted by Gasteiger charge is 2.20. The smallest absolute Gasteiger partial charge is 0.273 e. The van der Waals surface area contributed by atoms with Crippen LogP contribution in [0.2, 0.25) is 0 Å². The average Bonchev–Trinajstić information content (AvgIpc) is 2.64. The van der Waals surface area contributed by atoms with Crippen molar-refractivity contribution < 1.29 is 8.42 Å². The maximum Gasteiger partial charge on any atom is 0.273 e. The van der Waals surface area contributed by atoms with Crippen molar-refractivity contribution >= 4 is 32.6 Å². The van der Waals surface area contributed by atoms with Gasteiger partial charge in [-0.3, -0.25) is 4.57 Å². The summed E-state index contributed by atoms with van der Waals surface area (Å²) in [7, 11) is -2.28. The van der Waals surface area contributed by atoms with Crippen molar-refractivity contribution in [2.45, 2.75) is 12.1 Å². The van der Waals surface area contributed by atoms with Crippen LogP contribution in [0, 0.1) is 10.5 Å². The van der Waals surface area contributed by atoms with Crippen LogP contribution in [-0.2, 0) is 17.1 Å². The number of rotatable bonds is 2. The van der Waals surface area contributed by atoms with E-state index in [1.165, 1.54) is 4.57 Å². The number of benzene rings is 1. The van der Waals surface area contributed by atoms with Crippen molar-refractivity contribution in [3.8, 4) is 11.4 Å². The second-order valence-electron chi connectivity index (χ2n) is 3.85. The molecule has 2 aromatic rings. The van der Waals surface area contributed by atoms with Crippen LogP contribution in [0.25, 0.3) is 11.4 Å². The third kappa shape index (κ3) is 2.27. The molecular formula is C10H11IN4O2S. The lowest BCUT2D eigenvalue weighted by atomic mass is 10.1. The molecule has 0 saturated carbocycles. The van der Waals surface area contributed by atoms with E-state index in [4.69, 9.17) is 5.14 Å². The summed E-state index contributed by atoms with van der Waals surface area (Å²) in [5.41, 5.74) is 1.92. The molecule has 0 unspecified atom stereocenters. The maximum absolute atomic E-state index is 11.3. The van der Waals surface area contributed by atoms with Crippen molar-refractivity contribution in [3.05, 3.63) is 27.3 Å². The van der Waals surface area contributed by atoms with Crippen LogP contribution in [0.15, 0.2) is 23.4 Å². The SMILES string of the molecule is Cc1cccc(-c2nnc(S(N)(=O)=O)n2C)c1I. The van der Waals surface area contributed by atoms with E-state index >= 15 is 0 Å². The number of sulfonamides is 1. The number of aryl methyl sites for hydroxylation is 1. The number of nitrogens with zero attached hydrogens (tertiary/aromatic N) is 3. The van der Waals surface area contributed by atoms with Crippen molar-refractivity contribution in [2.24, 2.45) is 12.2 Å². The third-order valence-corrected chi connectivity index (χ3v) is 4.82. The summed E-state index contributed by atoms with van der Waals surface area (Å²) in [6, 6.07) is 5.73. The zero-order valence-electron chi connectivity index (χ0n) is 9.75. The molecule has 0 radical (unpaired) electrons. The van der Waals surface area contributed by atoms with Gasteiger partial charge in [0.2, 0.25) is 0 Å². The van der Waals surface area contributed by atoms with Crippen LogP contribution in [0.4, 0.5) is 0 Å². The first-order valence-corrected chi connectivity index (χ1v) is 7.62. The Bertz CT molecular complexity index is 709. The molecule has 0 aliphatic heterocycles. The van der Waals surface area contributed by atoms with Crippen LogP contribution in [0.3, 0.4) is 0 Å². The van der Waals surface area contributed by atoms with Crippen LogP contribution in [0.5, 0.6) is 0 Å². The van der Waals surface area contributed by atoms with Crippen LogP contribution < -0.4 is 5.14 Å². The van der Waals surface area contributed by atoms with Gasteiger partial charge in [0, 0.05) is 16.2 Å². The Morgan fingerprint density at radius 3 is 2.56 bits per heavy atom. The van der Waals surface area contributed by atoms with E-state index in [9.17, 15) is 8.42 Å². The average molecular weight is 378 g/mol. The first-order chi connectivity index (χ1) is 8.32. The fourth-order valence-electron chi connectivity index (χ4n) is 1.62. The van der Waals surface area contributed by atoms with E-state index in [2.05, 4.69) is 32.8 Å². The number of primary sulfonamides is 1. The van der Waals surface area contributed by atoms with Gasteiger partial charge in [-0.1, -0.05) is 18.2 Å². The molecule has 1 aromatic heterocycles. The number of aromatic nitrogens is 3. The molecular weight excluding hydrogens is 367 g/mol. The molecule has 2 N–H and O–H groups in total. The molecule has 2 rings (SSSR count). The highest BCUT2D eigenvalue weighted by molar-refractivity contribution is 14.1. The minimum atomic E-state index is -3.86. The van der Waals surface area contributed by atoms with Gasteiger partial charge in [0.15, 0.2) is 5.82 Å². The van der Waals surface area contributed by atoms with E-state index in [1.54, 1.807) is 7.05 Å². The number of hydrogen-bond acceptors (Lipinski definition) is 4. The van der Waals surface area contributed by atoms with Gasteiger partial charge in [-0.25, -0.2) is 13.6 Å². The Hall–Kier alpha value is -1.00. The van der Waals surface area contributed by atoms with Gasteiger partial charge < -0.3 is 0 Å². The Morgan fingerprint density at radius 1 is 1.33 bits per heavy atom. The zero-order valence-corrected chi connectivity index (χ0v) is 12.7. The topological polar surface area (TPSA) is 90.9 Å². The van der Waals surface area contributed by atoms with Crippen LogP contribution >= 0.6 is 22.6 Å². The zero-order chi connectivity index (χ0) is 13.5. The van der Waals surface area contributed by atoms with Crippen molar-refractivity contribution in [3.63, 3.8) is 0 Å². The summed E-state index contributed by atoms with van der Waals surface area (Å²) in [6.07, 6.45) is 0. The Labute approximate surface area is 118 Å². The lowest BCUT2D eigenvalue weighted by Crippen LogP contribution is -2.17. The molecule has 0 bridgehead atoms. The molecule has 0 amide bonds. The molecule has 0 aliphatic rings. The standard InChI is InChI=1S/C10H11IN4O2S/c1-6-4-3-5-7(8(6)11)9-13-14-10(15(9)2)18(12,16)17/h3-5H,1-2H3,(H2,12,16,17). The summed E-state index contributed by atoms with van der Waals surface area (Å²) in [5.74, 6) is 0.479. The van der Waals surface area contributed by atoms with Gasteiger partial charge in [0.25, 0.3) is 15.2 Å². The van der Waals surface area contributed by atoms with E-state index < -0.39 is 10.0 Å². The molecule has 18 heavy (non-hydrogen) atoms. The molecule has 0 fully saturated rings. The second-order valence-corrected chi connectivity index (χ2v) is 6.38. The minimum Gasteiger partial charge on any atom is -0.300 e. The number of hydrogen-bond donors (Lipinski definition) is 1. The molecule has 8 heteroatoms. The predicted octanol–water partition coefficient (Wildman–Crippen LogP) is 1.04. The summed E-state index contributed by atoms with van der Waals surface area (Å²) in [4.78, 5) is 0. The quantitative estimate of drug-likeness (QED) is 0.791. The van der Waals surface area contributed by atoms with Gasteiger partial charge in [0.1, 0.15) is 0 Å². The molecule has 1 aromatic carbocycles. The Balaban J connectivity index is 2.67. The fourth-order valence-corrected chi connectivity index (χ4v) is 2.84. The fraction of sp³-hybridized carbons (Fsp3) is 0.200. The van der Waals surface area contributed by atoms with Crippen molar-refractivity contribution in [2.75, 3.05) is 0 Å². The monoisotopic (exact) mass is 378 g/mol. The number of halogens is 1. The van der Waals surface area contributed by atoms with Crippen LogP contribution in [-0.4, -0.2) is 23.2 Å². The van der Waals surface area contributed by atoms with E-state index in [0.717, 1.165) is 14.7 Å². The van der Waals surface area contributed by atoms with Gasteiger partial charge >= 0.3 is 0 Å². The second kappa shape index (κ2) is 4.59. The van der Waals surface area contributed by atoms with Crippen LogP contribution in [0.1, 0.15) is 5.56 Å². The third-order valence-electron chi connectivity index (χ3n) is 2.52. The largest absolute Gasteiger partial charge is 0.300 e. The normalized spacial score (nSPS) is 11.8. The van der Waals surface area contributed by atoms with E-state index in [-0.39, 0.29) is 5.16 Å². The lowest BCUT2D eigenvalue weighted by molar-refractivity contribution is 0.580. The van der Waals surface area contributed by atoms with Gasteiger partial charge in [-0.05, 0) is 35.1 Å². The molecule has 0 atom stereocenters. The summed E-state index contributed by atoms with van der Waals surface area (Å²) >= 11 is 2.19. The molecule has 6 nitrogen and oxygen atoms in total. The first-order valence-electron chi connectivity index (χ1n) is 5.00. The van der Waals surface area contributed by atoms with Crippen molar-refractivity contribution in [1.29, 1.82) is 0 Å². The molecule has 0 aliphatic carbocycles. The van der Waals surface area contributed by atoms with Gasteiger partial charge in [0.05, 0.1) is 0 Å². The van der Waals surface area contributed by atoms with Gasteiger partial charge in [-0.2, -0.15) is 0 Å². The van der Waals surface area contributed by atoms with Crippen molar-refractivity contribution in [1.82, 2.24) is 14.8 Å². The van der Waals surface area contributed by atoms with Gasteiger partial charge in [-0.15, -0.1) is 10.2 Å². The van der Waals surface area contributed by atoms with E-state index in [0.29, 0.717) is 5.82 Å². The summed E-state index contributed by atoms with van der Waals surface area (Å²) in [6.45, 7) is 1.97. The highest BCUT2D eigenvalue weighted by Crippen LogP contribution is 2.26.